The maximum Gasteiger partial charge on any atom is 0.345 e. The Bertz CT molecular complexity index is 1410. The molecule has 4 nitrogen and oxygen atoms in total. The van der Waals surface area contributed by atoms with Crippen molar-refractivity contribution in [3.63, 3.8) is 0 Å². The van der Waals surface area contributed by atoms with Crippen molar-refractivity contribution in [2.45, 2.75) is 10.7 Å². The van der Waals surface area contributed by atoms with Gasteiger partial charge in [-0.25, -0.2) is 9.59 Å². The second-order valence-corrected chi connectivity index (χ2v) is 9.94. The molecule has 0 saturated heterocycles. The van der Waals surface area contributed by atoms with Crippen molar-refractivity contribution in [3.05, 3.63) is 148 Å². The summed E-state index contributed by atoms with van der Waals surface area (Å²) in [6, 6.07) is 38.3. The van der Waals surface area contributed by atoms with Crippen molar-refractivity contribution in [2.75, 3.05) is 14.2 Å². The zero-order valence-electron chi connectivity index (χ0n) is 20.6. The van der Waals surface area contributed by atoms with Gasteiger partial charge >= 0.3 is 11.9 Å². The van der Waals surface area contributed by atoms with Crippen LogP contribution >= 0.6 is 11.8 Å². The molecule has 0 saturated carbocycles. The van der Waals surface area contributed by atoms with Crippen LogP contribution in [0.25, 0.3) is 5.57 Å². The van der Waals surface area contributed by atoms with Crippen molar-refractivity contribution in [2.24, 2.45) is 0 Å². The number of thioether (sulfide) groups is 1. The zero-order valence-corrected chi connectivity index (χ0v) is 21.4. The molecule has 1 aliphatic rings. The van der Waals surface area contributed by atoms with E-state index in [1.165, 1.54) is 26.0 Å². The third-order valence-electron chi connectivity index (χ3n) is 6.74. The summed E-state index contributed by atoms with van der Waals surface area (Å²) >= 11 is 1.35. The van der Waals surface area contributed by atoms with E-state index in [1.807, 2.05) is 78.9 Å². The van der Waals surface area contributed by atoms with Crippen LogP contribution in [0.5, 0.6) is 0 Å². The molecule has 1 aliphatic heterocycles. The molecule has 5 rings (SSSR count). The highest BCUT2D eigenvalue weighted by Gasteiger charge is 2.50. The third kappa shape index (κ3) is 4.25. The van der Waals surface area contributed by atoms with E-state index in [0.717, 1.165) is 22.3 Å². The number of methoxy groups -OCH3 is 2. The fraction of sp³-hybridized carbons (Fsp3) is 0.125. The summed E-state index contributed by atoms with van der Waals surface area (Å²) < 4.78 is 9.68. The first-order valence-corrected chi connectivity index (χ1v) is 12.8. The fourth-order valence-corrected chi connectivity index (χ4v) is 6.85. The van der Waals surface area contributed by atoms with Gasteiger partial charge in [0.25, 0.3) is 0 Å². The molecular formula is C32H26O4S. The van der Waals surface area contributed by atoms with Crippen LogP contribution < -0.4 is 0 Å². The van der Waals surface area contributed by atoms with Crippen molar-refractivity contribution >= 4 is 29.3 Å². The Morgan fingerprint density at radius 2 is 1.14 bits per heavy atom. The van der Waals surface area contributed by atoms with Crippen molar-refractivity contribution in [1.82, 2.24) is 0 Å². The first kappa shape index (κ1) is 24.6. The van der Waals surface area contributed by atoms with Crippen LogP contribution in [-0.2, 0) is 23.8 Å². The average molecular weight is 507 g/mol. The number of rotatable bonds is 5. The quantitative estimate of drug-likeness (QED) is 0.287. The number of carbonyl (C=O) groups is 2. The summed E-state index contributed by atoms with van der Waals surface area (Å²) in [5.74, 6) is -1.42. The summed E-state index contributed by atoms with van der Waals surface area (Å²) in [4.78, 5) is 27.0. The molecule has 4 aromatic rings. The number of ether oxygens (including phenoxy) is 2. The van der Waals surface area contributed by atoms with Crippen LogP contribution in [-0.4, -0.2) is 26.2 Å². The molecule has 37 heavy (non-hydrogen) atoms. The van der Waals surface area contributed by atoms with Gasteiger partial charge in [-0.15, -0.1) is 11.8 Å². The lowest BCUT2D eigenvalue weighted by Gasteiger charge is -2.41. The van der Waals surface area contributed by atoms with E-state index in [-0.39, 0.29) is 16.4 Å². The Kier molecular flexibility index (Phi) is 6.97. The number of hydrogen-bond donors (Lipinski definition) is 0. The standard InChI is InChI=1S/C32H26O4S/c1-35-30(33)27-25-20-12-13-21-26(25)28(22-14-6-3-7-15-22)32(23-16-8-4-9-17-23,24-18-10-5-11-19-24)37-29(27)31(34)36-2/h3-21,28H,1-2H3. The lowest BCUT2D eigenvalue weighted by molar-refractivity contribution is -0.137. The monoisotopic (exact) mass is 506 g/mol. The van der Waals surface area contributed by atoms with Gasteiger partial charge in [0.15, 0.2) is 0 Å². The lowest BCUT2D eigenvalue weighted by Crippen LogP contribution is -2.33. The summed E-state index contributed by atoms with van der Waals surface area (Å²) in [7, 11) is 2.67. The lowest BCUT2D eigenvalue weighted by atomic mass is 9.71. The smallest absolute Gasteiger partial charge is 0.345 e. The molecular weight excluding hydrogens is 480 g/mol. The van der Waals surface area contributed by atoms with Crippen LogP contribution in [0.4, 0.5) is 0 Å². The molecule has 0 aliphatic carbocycles. The largest absolute Gasteiger partial charge is 0.465 e. The normalized spacial score (nSPS) is 16.3. The molecule has 0 amide bonds. The van der Waals surface area contributed by atoms with Gasteiger partial charge in [-0.1, -0.05) is 115 Å². The van der Waals surface area contributed by atoms with Gasteiger partial charge in [-0.05, 0) is 27.8 Å². The number of esters is 2. The molecule has 0 radical (unpaired) electrons. The molecule has 1 heterocycles. The molecule has 184 valence electrons. The zero-order chi connectivity index (χ0) is 25.8. The van der Waals surface area contributed by atoms with Crippen LogP contribution in [0, 0.1) is 0 Å². The maximum absolute atomic E-state index is 13.4. The van der Waals surface area contributed by atoms with Crippen LogP contribution in [0.15, 0.2) is 120 Å². The Morgan fingerprint density at radius 1 is 0.649 bits per heavy atom. The van der Waals surface area contributed by atoms with Crippen molar-refractivity contribution in [3.8, 4) is 0 Å². The Labute approximate surface area is 221 Å². The predicted molar refractivity (Wildman–Crippen MR) is 147 cm³/mol. The van der Waals surface area contributed by atoms with Crippen LogP contribution in [0.2, 0.25) is 0 Å². The molecule has 0 N–H and O–H groups in total. The van der Waals surface area contributed by atoms with Crippen LogP contribution in [0.3, 0.4) is 0 Å². The topological polar surface area (TPSA) is 52.6 Å². The number of benzene rings is 4. The van der Waals surface area contributed by atoms with E-state index < -0.39 is 16.7 Å². The van der Waals surface area contributed by atoms with E-state index in [4.69, 9.17) is 9.47 Å². The Morgan fingerprint density at radius 3 is 1.68 bits per heavy atom. The van der Waals surface area contributed by atoms with Gasteiger partial charge < -0.3 is 9.47 Å². The van der Waals surface area contributed by atoms with E-state index in [0.29, 0.717) is 5.56 Å². The van der Waals surface area contributed by atoms with Gasteiger partial charge in [0.05, 0.1) is 24.5 Å². The highest BCUT2D eigenvalue weighted by molar-refractivity contribution is 8.05. The van der Waals surface area contributed by atoms with Gasteiger partial charge in [0.1, 0.15) is 4.91 Å². The summed E-state index contributed by atoms with van der Waals surface area (Å²) in [6.45, 7) is 0. The molecule has 1 atom stereocenters. The molecule has 5 heteroatoms. The highest BCUT2D eigenvalue weighted by Crippen LogP contribution is 2.61. The first-order chi connectivity index (χ1) is 18.1. The number of carbonyl (C=O) groups excluding carboxylic acids is 2. The number of fused-ring (bicyclic) bond motifs is 1. The maximum atomic E-state index is 13.4. The van der Waals surface area contributed by atoms with Gasteiger partial charge in [0.2, 0.25) is 0 Å². The second-order valence-electron chi connectivity index (χ2n) is 8.69. The molecule has 4 aromatic carbocycles. The molecule has 0 aromatic heterocycles. The van der Waals surface area contributed by atoms with E-state index >= 15 is 0 Å². The average Bonchev–Trinajstić information content (AvgIpc) is 3.11. The molecule has 0 spiro atoms. The van der Waals surface area contributed by atoms with Gasteiger partial charge in [0, 0.05) is 5.92 Å². The fourth-order valence-electron chi connectivity index (χ4n) is 5.18. The second kappa shape index (κ2) is 10.5. The Hall–Kier alpha value is -4.09. The third-order valence-corrected chi connectivity index (χ3v) is 8.34. The van der Waals surface area contributed by atoms with Crippen molar-refractivity contribution in [1.29, 1.82) is 0 Å². The Balaban J connectivity index is 1.99. The number of hydrogen-bond acceptors (Lipinski definition) is 5. The highest BCUT2D eigenvalue weighted by atomic mass is 32.2. The minimum Gasteiger partial charge on any atom is -0.465 e. The summed E-state index contributed by atoms with van der Waals surface area (Å²) in [5.41, 5.74) is 4.86. The van der Waals surface area contributed by atoms with E-state index in [9.17, 15) is 9.59 Å². The van der Waals surface area contributed by atoms with Gasteiger partial charge in [-0.2, -0.15) is 0 Å². The van der Waals surface area contributed by atoms with Crippen molar-refractivity contribution < 1.29 is 19.1 Å². The SMILES string of the molecule is COC(=O)C1=C(C(=O)OC)c2ccccc2C(c2ccccc2)C(c2ccccc2)(c2ccccc2)S1. The minimum absolute atomic E-state index is 0.213. The summed E-state index contributed by atoms with van der Waals surface area (Å²) in [5, 5.41) is 0. The first-order valence-electron chi connectivity index (χ1n) is 12.0. The van der Waals surface area contributed by atoms with Gasteiger partial charge in [-0.3, -0.25) is 0 Å². The molecule has 1 unspecified atom stereocenters. The minimum atomic E-state index is -0.820. The molecule has 0 bridgehead atoms. The van der Waals surface area contributed by atoms with Crippen LogP contribution in [0.1, 0.15) is 33.7 Å². The molecule has 0 fully saturated rings. The summed E-state index contributed by atoms with van der Waals surface area (Å²) in [6.07, 6.45) is 0. The predicted octanol–water partition coefficient (Wildman–Crippen LogP) is 6.57. The van der Waals surface area contributed by atoms with E-state index in [2.05, 4.69) is 36.4 Å². The van der Waals surface area contributed by atoms with E-state index in [1.54, 1.807) is 0 Å².